The second-order valence-corrected chi connectivity index (χ2v) is 7.76. The number of carbonyl (C=O) groups excluding carboxylic acids is 2. The molecule has 0 N–H and O–H groups in total. The number of imide groups is 1. The number of nitrogens with zero attached hydrogens (tertiary/aromatic N) is 2. The molecule has 0 aromatic heterocycles. The molecule has 1 aromatic rings. The van der Waals surface area contributed by atoms with Crippen molar-refractivity contribution in [2.75, 3.05) is 26.2 Å². The maximum Gasteiger partial charge on any atom is 0.277 e. The van der Waals surface area contributed by atoms with E-state index in [0.717, 1.165) is 38.8 Å². The Balaban J connectivity index is 1.68. The van der Waals surface area contributed by atoms with Gasteiger partial charge in [0.1, 0.15) is 11.5 Å². The Morgan fingerprint density at radius 2 is 1.78 bits per heavy atom. The van der Waals surface area contributed by atoms with Gasteiger partial charge in [0.2, 0.25) is 0 Å². The molecule has 0 bridgehead atoms. The highest BCUT2D eigenvalue weighted by Crippen LogP contribution is 2.34. The first-order valence-electron chi connectivity index (χ1n) is 9.77. The van der Waals surface area contributed by atoms with Gasteiger partial charge in [-0.15, -0.1) is 0 Å². The summed E-state index contributed by atoms with van der Waals surface area (Å²) in [4.78, 5) is 29.7. The van der Waals surface area contributed by atoms with Crippen molar-refractivity contribution in [3.8, 4) is 0 Å². The molecule has 6 heteroatoms. The highest BCUT2D eigenvalue weighted by atomic mass is 19.1. The first-order chi connectivity index (χ1) is 13.0. The van der Waals surface area contributed by atoms with Crippen LogP contribution >= 0.6 is 0 Å². The fourth-order valence-electron chi connectivity index (χ4n) is 4.12. The van der Waals surface area contributed by atoms with Gasteiger partial charge in [-0.3, -0.25) is 14.5 Å². The van der Waals surface area contributed by atoms with Gasteiger partial charge in [-0.05, 0) is 49.3 Å². The number of ether oxygens (including phenoxy) is 1. The Hall–Kier alpha value is -2.21. The van der Waals surface area contributed by atoms with Crippen molar-refractivity contribution in [3.63, 3.8) is 0 Å². The van der Waals surface area contributed by atoms with Gasteiger partial charge in [0, 0.05) is 19.7 Å². The first kappa shape index (κ1) is 18.2. The highest BCUT2D eigenvalue weighted by molar-refractivity contribution is 6.35. The summed E-state index contributed by atoms with van der Waals surface area (Å²) in [7, 11) is 0. The van der Waals surface area contributed by atoms with Crippen molar-refractivity contribution < 1.29 is 18.7 Å². The fourth-order valence-corrected chi connectivity index (χ4v) is 4.12. The Kier molecular flexibility index (Phi) is 5.00. The molecule has 5 nitrogen and oxygen atoms in total. The minimum absolute atomic E-state index is 0.0897. The van der Waals surface area contributed by atoms with Gasteiger partial charge in [-0.25, -0.2) is 4.39 Å². The lowest BCUT2D eigenvalue weighted by Crippen LogP contribution is -2.41. The number of carbonyl (C=O) groups is 2. The first-order valence-corrected chi connectivity index (χ1v) is 9.77. The number of hydrogen-bond donors (Lipinski definition) is 0. The van der Waals surface area contributed by atoms with Crippen molar-refractivity contribution in [2.45, 2.75) is 38.7 Å². The molecule has 2 saturated heterocycles. The molecule has 0 radical (unpaired) electrons. The van der Waals surface area contributed by atoms with Gasteiger partial charge >= 0.3 is 0 Å². The molecule has 0 aliphatic carbocycles. The average Bonchev–Trinajstić information content (AvgIpc) is 3.26. The lowest BCUT2D eigenvalue weighted by molar-refractivity contribution is -0.139. The third kappa shape index (κ3) is 3.50. The Morgan fingerprint density at radius 3 is 2.41 bits per heavy atom. The number of amides is 2. The third-order valence-electron chi connectivity index (χ3n) is 5.79. The van der Waals surface area contributed by atoms with Gasteiger partial charge in [-0.1, -0.05) is 19.1 Å². The molecular weight excluding hydrogens is 347 g/mol. The summed E-state index contributed by atoms with van der Waals surface area (Å²) in [6.07, 6.45) is 3.71. The molecule has 27 heavy (non-hydrogen) atoms. The highest BCUT2D eigenvalue weighted by Gasteiger charge is 2.43. The van der Waals surface area contributed by atoms with Crippen LogP contribution in [0.5, 0.6) is 0 Å². The van der Waals surface area contributed by atoms with Crippen LogP contribution in [0.25, 0.3) is 5.57 Å². The normalized spacial score (nSPS) is 24.4. The van der Waals surface area contributed by atoms with Crippen LogP contribution in [0, 0.1) is 11.7 Å². The lowest BCUT2D eigenvalue weighted by atomic mass is 9.97. The van der Waals surface area contributed by atoms with E-state index < -0.39 is 0 Å². The minimum Gasteiger partial charge on any atom is -0.376 e. The Morgan fingerprint density at radius 1 is 1.07 bits per heavy atom. The third-order valence-corrected chi connectivity index (χ3v) is 5.79. The predicted molar refractivity (Wildman–Crippen MR) is 99.0 cm³/mol. The van der Waals surface area contributed by atoms with Crippen molar-refractivity contribution in [2.24, 2.45) is 5.92 Å². The molecule has 3 aliphatic heterocycles. The van der Waals surface area contributed by atoms with E-state index in [4.69, 9.17) is 4.74 Å². The van der Waals surface area contributed by atoms with Crippen LogP contribution in [-0.2, 0) is 14.3 Å². The molecule has 3 aliphatic rings. The summed E-state index contributed by atoms with van der Waals surface area (Å²) in [6.45, 7) is 4.69. The summed E-state index contributed by atoms with van der Waals surface area (Å²) >= 11 is 0. The molecule has 0 spiro atoms. The second kappa shape index (κ2) is 7.43. The van der Waals surface area contributed by atoms with E-state index in [9.17, 15) is 14.0 Å². The van der Waals surface area contributed by atoms with E-state index in [0.29, 0.717) is 29.4 Å². The van der Waals surface area contributed by atoms with Crippen molar-refractivity contribution in [1.82, 2.24) is 9.80 Å². The number of hydrogen-bond acceptors (Lipinski definition) is 4. The molecule has 144 valence electrons. The number of rotatable bonds is 4. The SMILES string of the molecule is CC1CCN(C2=C(c3ccc(F)cc3)C(=O)N(CC3CCCO3)C2=O)CC1. The largest absolute Gasteiger partial charge is 0.376 e. The molecule has 4 rings (SSSR count). The van der Waals surface area contributed by atoms with E-state index >= 15 is 0 Å². The van der Waals surface area contributed by atoms with E-state index in [1.54, 1.807) is 12.1 Å². The quantitative estimate of drug-likeness (QED) is 0.763. The molecule has 1 aromatic carbocycles. The van der Waals surface area contributed by atoms with Crippen LogP contribution in [0.1, 0.15) is 38.2 Å². The van der Waals surface area contributed by atoms with Gasteiger partial charge in [0.05, 0.1) is 18.2 Å². The zero-order valence-electron chi connectivity index (χ0n) is 15.6. The molecule has 0 saturated carbocycles. The zero-order chi connectivity index (χ0) is 19.0. The van der Waals surface area contributed by atoms with Gasteiger partial charge < -0.3 is 9.64 Å². The monoisotopic (exact) mass is 372 g/mol. The van der Waals surface area contributed by atoms with Crippen molar-refractivity contribution in [3.05, 3.63) is 41.3 Å². The van der Waals surface area contributed by atoms with Gasteiger partial charge in [0.25, 0.3) is 11.8 Å². The van der Waals surface area contributed by atoms with Crippen molar-refractivity contribution in [1.29, 1.82) is 0 Å². The predicted octanol–water partition coefficient (Wildman–Crippen LogP) is 2.82. The molecule has 2 amide bonds. The summed E-state index contributed by atoms with van der Waals surface area (Å²) in [5, 5.41) is 0. The zero-order valence-corrected chi connectivity index (χ0v) is 15.6. The van der Waals surface area contributed by atoms with Gasteiger partial charge in [-0.2, -0.15) is 0 Å². The average molecular weight is 372 g/mol. The lowest BCUT2D eigenvalue weighted by Gasteiger charge is -2.32. The summed E-state index contributed by atoms with van der Waals surface area (Å²) in [5.41, 5.74) is 1.46. The molecule has 3 heterocycles. The summed E-state index contributed by atoms with van der Waals surface area (Å²) in [5.74, 6) is -0.285. The molecule has 2 fully saturated rings. The standard InChI is InChI=1S/C21H25FN2O3/c1-14-8-10-23(11-9-14)19-18(15-4-6-16(22)7-5-15)20(25)24(21(19)26)13-17-3-2-12-27-17/h4-7,14,17H,2-3,8-13H2,1H3. The maximum atomic E-state index is 13.4. The summed E-state index contributed by atoms with van der Waals surface area (Å²) < 4.78 is 19.0. The van der Waals surface area contributed by atoms with Crippen LogP contribution in [0.15, 0.2) is 30.0 Å². The Bertz CT molecular complexity index is 760. The smallest absolute Gasteiger partial charge is 0.277 e. The van der Waals surface area contributed by atoms with E-state index in [-0.39, 0.29) is 30.3 Å². The van der Waals surface area contributed by atoms with Crippen LogP contribution in [0.2, 0.25) is 0 Å². The summed E-state index contributed by atoms with van der Waals surface area (Å²) in [6, 6.07) is 5.83. The van der Waals surface area contributed by atoms with E-state index in [1.807, 2.05) is 4.90 Å². The van der Waals surface area contributed by atoms with E-state index in [1.165, 1.54) is 17.0 Å². The molecule has 1 unspecified atom stereocenters. The number of likely N-dealkylation sites (tertiary alicyclic amines) is 1. The number of halogens is 1. The Labute approximate surface area is 158 Å². The fraction of sp³-hybridized carbons (Fsp3) is 0.524. The number of benzene rings is 1. The van der Waals surface area contributed by atoms with E-state index in [2.05, 4.69) is 6.92 Å². The second-order valence-electron chi connectivity index (χ2n) is 7.76. The molecular formula is C21H25FN2O3. The molecule has 1 atom stereocenters. The van der Waals surface area contributed by atoms with Crippen LogP contribution in [0.3, 0.4) is 0 Å². The number of piperidine rings is 1. The van der Waals surface area contributed by atoms with Crippen LogP contribution in [0.4, 0.5) is 4.39 Å². The van der Waals surface area contributed by atoms with Gasteiger partial charge in [0.15, 0.2) is 0 Å². The van der Waals surface area contributed by atoms with Crippen LogP contribution in [-0.4, -0.2) is 54.0 Å². The van der Waals surface area contributed by atoms with Crippen LogP contribution < -0.4 is 0 Å². The minimum atomic E-state index is -0.360. The van der Waals surface area contributed by atoms with Crippen molar-refractivity contribution >= 4 is 17.4 Å². The topological polar surface area (TPSA) is 49.9 Å². The maximum absolute atomic E-state index is 13.4.